The lowest BCUT2D eigenvalue weighted by molar-refractivity contribution is -0.168. The molecular weight excluding hydrogens is 214 g/mol. The van der Waals surface area contributed by atoms with Crippen LogP contribution in [0.15, 0.2) is 12.3 Å². The number of nitrogens with zero attached hydrogens (tertiary/aromatic N) is 1. The summed E-state index contributed by atoms with van der Waals surface area (Å²) >= 11 is 0. The lowest BCUT2D eigenvalue weighted by atomic mass is 9.70. The molecule has 0 bridgehead atoms. The lowest BCUT2D eigenvalue weighted by Crippen LogP contribution is -2.37. The predicted molar refractivity (Wildman–Crippen MR) is 69.0 cm³/mol. The number of hydrogen-bond acceptors (Lipinski definition) is 2. The van der Waals surface area contributed by atoms with Crippen molar-refractivity contribution in [2.45, 2.75) is 52.9 Å². The Morgan fingerprint density at radius 1 is 1.53 bits per heavy atom. The van der Waals surface area contributed by atoms with Gasteiger partial charge in [-0.3, -0.25) is 9.63 Å². The van der Waals surface area contributed by atoms with E-state index in [4.69, 9.17) is 4.84 Å². The molecule has 1 atom stereocenters. The molecule has 0 aromatic carbocycles. The van der Waals surface area contributed by atoms with Gasteiger partial charge in [-0.25, -0.2) is 0 Å². The zero-order valence-electron chi connectivity index (χ0n) is 11.6. The highest BCUT2D eigenvalue weighted by Crippen LogP contribution is 2.44. The van der Waals surface area contributed by atoms with E-state index in [2.05, 4.69) is 20.4 Å². The number of hydroxylamine groups is 2. The van der Waals surface area contributed by atoms with Crippen molar-refractivity contribution in [2.75, 3.05) is 7.11 Å². The van der Waals surface area contributed by atoms with E-state index in [1.165, 1.54) is 38.4 Å². The average molecular weight is 239 g/mol. The van der Waals surface area contributed by atoms with Gasteiger partial charge in [-0.05, 0) is 18.8 Å². The first-order chi connectivity index (χ1) is 7.94. The topological polar surface area (TPSA) is 29.5 Å². The first-order valence-corrected chi connectivity index (χ1v) is 6.48. The maximum atomic E-state index is 11.5. The van der Waals surface area contributed by atoms with Crippen molar-refractivity contribution in [3.63, 3.8) is 0 Å². The molecule has 0 aromatic rings. The Labute approximate surface area is 105 Å². The number of amides is 1. The molecule has 1 fully saturated rings. The normalized spacial score (nSPS) is 19.3. The first-order valence-electron chi connectivity index (χ1n) is 6.48. The molecule has 0 spiro atoms. The van der Waals surface area contributed by atoms with Crippen LogP contribution in [-0.4, -0.2) is 18.1 Å². The maximum Gasteiger partial charge on any atom is 0.247 e. The monoisotopic (exact) mass is 239 g/mol. The molecule has 98 valence electrons. The van der Waals surface area contributed by atoms with Crippen LogP contribution in [0.4, 0.5) is 0 Å². The highest BCUT2D eigenvalue weighted by atomic mass is 16.7. The van der Waals surface area contributed by atoms with Crippen LogP contribution >= 0.6 is 0 Å². The number of allylic oxidation sites excluding steroid dienone is 1. The van der Waals surface area contributed by atoms with Crippen LogP contribution in [0.1, 0.15) is 52.9 Å². The van der Waals surface area contributed by atoms with Crippen molar-refractivity contribution in [2.24, 2.45) is 11.3 Å². The fraction of sp³-hybridized carbons (Fsp3) is 0.786. The number of hydrogen-bond donors (Lipinski definition) is 0. The SMILES string of the molecule is C=C(N(OC)C(C)=O)C(C)(CC)CC1CCC1. The summed E-state index contributed by atoms with van der Waals surface area (Å²) in [6, 6.07) is 0. The van der Waals surface area contributed by atoms with Crippen LogP contribution in [-0.2, 0) is 9.63 Å². The second kappa shape index (κ2) is 5.67. The van der Waals surface area contributed by atoms with Gasteiger partial charge in [0.15, 0.2) is 0 Å². The van der Waals surface area contributed by atoms with Crippen LogP contribution in [0.25, 0.3) is 0 Å². The Balaban J connectivity index is 2.75. The van der Waals surface area contributed by atoms with Gasteiger partial charge in [0.1, 0.15) is 0 Å². The van der Waals surface area contributed by atoms with Gasteiger partial charge in [0.25, 0.3) is 0 Å². The zero-order chi connectivity index (χ0) is 13.1. The summed E-state index contributed by atoms with van der Waals surface area (Å²) in [6.45, 7) is 9.92. The molecule has 3 nitrogen and oxygen atoms in total. The second-order valence-corrected chi connectivity index (χ2v) is 5.36. The van der Waals surface area contributed by atoms with E-state index in [1.54, 1.807) is 0 Å². The molecule has 0 aliphatic heterocycles. The molecule has 1 aliphatic rings. The predicted octanol–water partition coefficient (Wildman–Crippen LogP) is 3.52. The third-order valence-corrected chi connectivity index (χ3v) is 4.15. The summed E-state index contributed by atoms with van der Waals surface area (Å²) < 4.78 is 0. The molecule has 0 N–H and O–H groups in total. The minimum atomic E-state index is -0.106. The summed E-state index contributed by atoms with van der Waals surface area (Å²) in [6.07, 6.45) is 6.06. The summed E-state index contributed by atoms with van der Waals surface area (Å²) in [5.41, 5.74) is 0.758. The molecule has 1 amide bonds. The molecule has 1 aliphatic carbocycles. The second-order valence-electron chi connectivity index (χ2n) is 5.36. The van der Waals surface area contributed by atoms with Gasteiger partial charge < -0.3 is 0 Å². The van der Waals surface area contributed by atoms with Gasteiger partial charge in [-0.2, -0.15) is 5.06 Å². The Morgan fingerprint density at radius 3 is 2.41 bits per heavy atom. The largest absolute Gasteiger partial charge is 0.273 e. The molecule has 1 rings (SSSR count). The lowest BCUT2D eigenvalue weighted by Gasteiger charge is -2.40. The van der Waals surface area contributed by atoms with Gasteiger partial charge >= 0.3 is 0 Å². The van der Waals surface area contributed by atoms with Gasteiger partial charge in [0, 0.05) is 18.0 Å². The van der Waals surface area contributed by atoms with E-state index in [0.717, 1.165) is 24.5 Å². The van der Waals surface area contributed by atoms with Crippen LogP contribution in [0.2, 0.25) is 0 Å². The van der Waals surface area contributed by atoms with Crippen molar-refractivity contribution >= 4 is 5.91 Å². The van der Waals surface area contributed by atoms with Crippen molar-refractivity contribution in [3.8, 4) is 0 Å². The Morgan fingerprint density at radius 2 is 2.12 bits per heavy atom. The fourth-order valence-corrected chi connectivity index (χ4v) is 2.47. The summed E-state index contributed by atoms with van der Waals surface area (Å²) in [5, 5.41) is 1.34. The highest BCUT2D eigenvalue weighted by molar-refractivity contribution is 5.74. The standard InChI is InChI=1S/C14H25NO2/c1-6-14(4,10-13-8-7-9-13)11(2)15(17-5)12(3)16/h13H,2,6-10H2,1,3-5H3. The Kier molecular flexibility index (Phi) is 4.75. The van der Waals surface area contributed by atoms with E-state index in [-0.39, 0.29) is 11.3 Å². The molecular formula is C14H25NO2. The molecule has 1 saturated carbocycles. The molecule has 17 heavy (non-hydrogen) atoms. The van der Waals surface area contributed by atoms with Crippen LogP contribution < -0.4 is 0 Å². The van der Waals surface area contributed by atoms with Crippen LogP contribution in [0.5, 0.6) is 0 Å². The van der Waals surface area contributed by atoms with Gasteiger partial charge in [-0.1, -0.05) is 39.7 Å². The molecule has 0 radical (unpaired) electrons. The first kappa shape index (κ1) is 14.2. The average Bonchev–Trinajstić information content (AvgIpc) is 2.23. The molecule has 0 aromatic heterocycles. The van der Waals surface area contributed by atoms with Gasteiger partial charge in [0.2, 0.25) is 5.91 Å². The minimum Gasteiger partial charge on any atom is -0.273 e. The van der Waals surface area contributed by atoms with E-state index >= 15 is 0 Å². The summed E-state index contributed by atoms with van der Waals surface area (Å²) in [4.78, 5) is 16.6. The van der Waals surface area contributed by atoms with E-state index in [1.807, 2.05) is 0 Å². The third kappa shape index (κ3) is 3.09. The molecule has 1 unspecified atom stereocenters. The van der Waals surface area contributed by atoms with Crippen molar-refractivity contribution in [1.29, 1.82) is 0 Å². The van der Waals surface area contributed by atoms with E-state index < -0.39 is 0 Å². The molecule has 0 saturated heterocycles. The quantitative estimate of drug-likeness (QED) is 0.664. The van der Waals surface area contributed by atoms with Crippen molar-refractivity contribution in [3.05, 3.63) is 12.3 Å². The number of carbonyl (C=O) groups is 1. The van der Waals surface area contributed by atoms with Crippen LogP contribution in [0, 0.1) is 11.3 Å². The van der Waals surface area contributed by atoms with Crippen molar-refractivity contribution in [1.82, 2.24) is 5.06 Å². The highest BCUT2D eigenvalue weighted by Gasteiger charge is 2.35. The zero-order valence-corrected chi connectivity index (χ0v) is 11.6. The number of carbonyl (C=O) groups excluding carboxylic acids is 1. The summed E-state index contributed by atoms with van der Waals surface area (Å²) in [5.74, 6) is 0.688. The number of rotatable bonds is 6. The fourth-order valence-electron chi connectivity index (χ4n) is 2.47. The van der Waals surface area contributed by atoms with Crippen molar-refractivity contribution < 1.29 is 9.63 Å². The molecule has 3 heteroatoms. The maximum absolute atomic E-state index is 11.5. The summed E-state index contributed by atoms with van der Waals surface area (Å²) in [7, 11) is 1.52. The van der Waals surface area contributed by atoms with E-state index in [0.29, 0.717) is 0 Å². The molecule has 0 heterocycles. The third-order valence-electron chi connectivity index (χ3n) is 4.15. The smallest absolute Gasteiger partial charge is 0.247 e. The van der Waals surface area contributed by atoms with Crippen LogP contribution in [0.3, 0.4) is 0 Å². The van der Waals surface area contributed by atoms with E-state index in [9.17, 15) is 4.79 Å². The van der Waals surface area contributed by atoms with Gasteiger partial charge in [-0.15, -0.1) is 0 Å². The Hall–Kier alpha value is -0.830. The van der Waals surface area contributed by atoms with Gasteiger partial charge in [0.05, 0.1) is 7.11 Å². The Bertz CT molecular complexity index is 297. The minimum absolute atomic E-state index is 0.0350.